The lowest BCUT2D eigenvalue weighted by molar-refractivity contribution is -0.710. The van der Waals surface area contributed by atoms with E-state index in [1.807, 2.05) is 0 Å². The summed E-state index contributed by atoms with van der Waals surface area (Å²) in [6.45, 7) is 3.48. The second-order valence-electron chi connectivity index (χ2n) is 5.44. The molecule has 0 unspecified atom stereocenters. The molecule has 0 radical (unpaired) electrons. The van der Waals surface area contributed by atoms with Crippen LogP contribution in [0.1, 0.15) is 25.5 Å². The van der Waals surface area contributed by atoms with Gasteiger partial charge in [-0.3, -0.25) is 4.79 Å². The molecule has 122 valence electrons. The van der Waals surface area contributed by atoms with Crippen LogP contribution < -0.4 is 10.6 Å². The number of hydrogen-bond acceptors (Lipinski definition) is 1. The first-order valence-corrected chi connectivity index (χ1v) is 7.61. The van der Waals surface area contributed by atoms with E-state index in [1.54, 1.807) is 43.4 Å². The van der Waals surface area contributed by atoms with E-state index < -0.39 is 17.7 Å². The molecule has 0 heterocycles. The van der Waals surface area contributed by atoms with Crippen molar-refractivity contribution >= 4 is 23.2 Å². The highest BCUT2D eigenvalue weighted by Crippen LogP contribution is 2.16. The van der Waals surface area contributed by atoms with Gasteiger partial charge in [0.05, 0.1) is 0 Å². The predicted octanol–water partition coefficient (Wildman–Crippen LogP) is 3.27. The van der Waals surface area contributed by atoms with Crippen LogP contribution in [0.15, 0.2) is 42.5 Å². The number of halogens is 3. The van der Waals surface area contributed by atoms with Crippen LogP contribution in [-0.4, -0.2) is 11.9 Å². The second-order valence-corrected chi connectivity index (χ2v) is 5.87. The molecular weight excluding hydrogens is 322 g/mol. The lowest BCUT2D eigenvalue weighted by atomic mass is 10.1. The maximum Gasteiger partial charge on any atom is 0.282 e. The van der Waals surface area contributed by atoms with Crippen LogP contribution in [0, 0.1) is 11.6 Å². The first kappa shape index (κ1) is 17.4. The Hall–Kier alpha value is -1.98. The van der Waals surface area contributed by atoms with Crippen molar-refractivity contribution in [1.82, 2.24) is 0 Å². The number of rotatable bonds is 5. The SMILES string of the molecule is C[C@H]([NH2+][C@H](C)c1ccc(F)cc1F)C(=O)Nc1cccc(Cl)c1. The Bertz CT molecular complexity index is 709. The molecule has 1 amide bonds. The Morgan fingerprint density at radius 1 is 1.17 bits per heavy atom. The maximum atomic E-state index is 13.8. The first-order chi connectivity index (χ1) is 10.9. The van der Waals surface area contributed by atoms with Crippen LogP contribution in [0.4, 0.5) is 14.5 Å². The molecule has 0 aliphatic carbocycles. The Balaban J connectivity index is 2.00. The number of carbonyl (C=O) groups excluding carboxylic acids is 1. The molecular formula is C17H18ClF2N2O+. The Morgan fingerprint density at radius 3 is 2.57 bits per heavy atom. The summed E-state index contributed by atoms with van der Waals surface area (Å²) in [4.78, 5) is 12.2. The smallest absolute Gasteiger partial charge is 0.282 e. The molecule has 0 aliphatic rings. The lowest BCUT2D eigenvalue weighted by Gasteiger charge is -2.17. The summed E-state index contributed by atoms with van der Waals surface area (Å²) in [7, 11) is 0. The zero-order valence-corrected chi connectivity index (χ0v) is 13.6. The number of benzene rings is 2. The monoisotopic (exact) mass is 339 g/mol. The fraction of sp³-hybridized carbons (Fsp3) is 0.235. The average molecular weight is 340 g/mol. The third-order valence-electron chi connectivity index (χ3n) is 3.54. The number of hydrogen-bond donors (Lipinski definition) is 2. The molecule has 0 aliphatic heterocycles. The molecule has 2 aromatic carbocycles. The minimum atomic E-state index is -0.620. The molecule has 0 bridgehead atoms. The van der Waals surface area contributed by atoms with Crippen molar-refractivity contribution in [1.29, 1.82) is 0 Å². The van der Waals surface area contributed by atoms with E-state index in [0.717, 1.165) is 6.07 Å². The average Bonchev–Trinajstić information content (AvgIpc) is 2.46. The molecule has 0 aromatic heterocycles. The maximum absolute atomic E-state index is 13.8. The minimum absolute atomic E-state index is 0.221. The van der Waals surface area contributed by atoms with Gasteiger partial charge in [-0.1, -0.05) is 17.7 Å². The Labute approximate surface area is 138 Å². The van der Waals surface area contributed by atoms with E-state index >= 15 is 0 Å². The number of quaternary nitrogens is 1. The minimum Gasteiger partial charge on any atom is -0.330 e. The predicted molar refractivity (Wildman–Crippen MR) is 86.2 cm³/mol. The highest BCUT2D eigenvalue weighted by Gasteiger charge is 2.22. The van der Waals surface area contributed by atoms with Gasteiger partial charge >= 0.3 is 0 Å². The van der Waals surface area contributed by atoms with Crippen molar-refractivity contribution in [3.8, 4) is 0 Å². The van der Waals surface area contributed by atoms with Gasteiger partial charge in [0.15, 0.2) is 6.04 Å². The number of nitrogens with two attached hydrogens (primary N) is 1. The molecule has 2 rings (SSSR count). The van der Waals surface area contributed by atoms with Crippen molar-refractivity contribution in [2.75, 3.05) is 5.32 Å². The number of anilines is 1. The summed E-state index contributed by atoms with van der Waals surface area (Å²) in [5, 5.41) is 5.00. The van der Waals surface area contributed by atoms with Crippen molar-refractivity contribution in [3.05, 3.63) is 64.7 Å². The normalized spacial score (nSPS) is 13.4. The van der Waals surface area contributed by atoms with Crippen LogP contribution in [-0.2, 0) is 4.79 Å². The van der Waals surface area contributed by atoms with Crippen LogP contribution in [0.3, 0.4) is 0 Å². The van der Waals surface area contributed by atoms with Gasteiger partial charge in [0, 0.05) is 22.3 Å². The van der Waals surface area contributed by atoms with Gasteiger partial charge in [-0.2, -0.15) is 0 Å². The van der Waals surface area contributed by atoms with Crippen molar-refractivity contribution in [2.45, 2.75) is 25.9 Å². The van der Waals surface area contributed by atoms with E-state index in [-0.39, 0.29) is 11.9 Å². The highest BCUT2D eigenvalue weighted by atomic mass is 35.5. The van der Waals surface area contributed by atoms with Crippen LogP contribution >= 0.6 is 11.6 Å². The molecule has 0 spiro atoms. The standard InChI is InChI=1S/C17H17ClF2N2O/c1-10(15-7-6-13(19)9-16(15)20)21-11(2)17(23)22-14-5-3-4-12(18)8-14/h3-11,21H,1-2H3,(H,22,23)/p+1/t10-,11+/m1/s1. The van der Waals surface area contributed by atoms with E-state index in [0.29, 0.717) is 16.3 Å². The van der Waals surface area contributed by atoms with Gasteiger partial charge in [0.1, 0.15) is 17.7 Å². The van der Waals surface area contributed by atoms with Crippen LogP contribution in [0.2, 0.25) is 5.02 Å². The van der Waals surface area contributed by atoms with Gasteiger partial charge in [-0.15, -0.1) is 0 Å². The van der Waals surface area contributed by atoms with Gasteiger partial charge in [0.2, 0.25) is 0 Å². The molecule has 2 aromatic rings. The fourth-order valence-electron chi connectivity index (χ4n) is 2.32. The summed E-state index contributed by atoms with van der Waals surface area (Å²) >= 11 is 5.87. The van der Waals surface area contributed by atoms with Gasteiger partial charge in [-0.25, -0.2) is 8.78 Å². The largest absolute Gasteiger partial charge is 0.330 e. The third-order valence-corrected chi connectivity index (χ3v) is 3.77. The molecule has 0 saturated carbocycles. The summed E-state index contributed by atoms with van der Waals surface area (Å²) in [6, 6.07) is 9.51. The van der Waals surface area contributed by atoms with E-state index in [9.17, 15) is 13.6 Å². The van der Waals surface area contributed by atoms with E-state index in [4.69, 9.17) is 11.6 Å². The summed E-state index contributed by atoms with van der Waals surface area (Å²) in [5.74, 6) is -1.46. The van der Waals surface area contributed by atoms with Crippen molar-refractivity contribution < 1.29 is 18.9 Å². The van der Waals surface area contributed by atoms with E-state index in [2.05, 4.69) is 5.32 Å². The second kappa shape index (κ2) is 7.53. The zero-order valence-electron chi connectivity index (χ0n) is 12.8. The number of carbonyl (C=O) groups is 1. The topological polar surface area (TPSA) is 45.7 Å². The van der Waals surface area contributed by atoms with Gasteiger partial charge in [-0.05, 0) is 44.2 Å². The lowest BCUT2D eigenvalue weighted by Crippen LogP contribution is -2.91. The van der Waals surface area contributed by atoms with E-state index in [1.165, 1.54) is 12.1 Å². The van der Waals surface area contributed by atoms with Crippen molar-refractivity contribution in [2.24, 2.45) is 0 Å². The zero-order chi connectivity index (χ0) is 17.0. The highest BCUT2D eigenvalue weighted by molar-refractivity contribution is 6.30. The molecule has 3 nitrogen and oxygen atoms in total. The molecule has 23 heavy (non-hydrogen) atoms. The first-order valence-electron chi connectivity index (χ1n) is 7.23. The molecule has 2 atom stereocenters. The van der Waals surface area contributed by atoms with Gasteiger partial charge in [0.25, 0.3) is 5.91 Å². The molecule has 3 N–H and O–H groups in total. The fourth-order valence-corrected chi connectivity index (χ4v) is 2.51. The summed E-state index contributed by atoms with van der Waals surface area (Å²) in [5.41, 5.74) is 0.956. The third kappa shape index (κ3) is 4.74. The quantitative estimate of drug-likeness (QED) is 0.863. The number of amides is 1. The van der Waals surface area contributed by atoms with Crippen molar-refractivity contribution in [3.63, 3.8) is 0 Å². The number of nitrogens with one attached hydrogen (secondary N) is 1. The Morgan fingerprint density at radius 2 is 1.91 bits per heavy atom. The molecule has 0 saturated heterocycles. The van der Waals surface area contributed by atoms with Crippen LogP contribution in [0.25, 0.3) is 0 Å². The summed E-state index contributed by atoms with van der Waals surface area (Å²) < 4.78 is 26.7. The Kier molecular flexibility index (Phi) is 5.69. The van der Waals surface area contributed by atoms with Crippen LogP contribution in [0.5, 0.6) is 0 Å². The summed E-state index contributed by atoms with van der Waals surface area (Å²) in [6.07, 6.45) is 0. The van der Waals surface area contributed by atoms with Gasteiger partial charge < -0.3 is 10.6 Å². The molecule has 0 fully saturated rings. The molecule has 6 heteroatoms.